The van der Waals surface area contributed by atoms with Gasteiger partial charge in [0.05, 0.1) is 11.3 Å². The summed E-state index contributed by atoms with van der Waals surface area (Å²) in [6, 6.07) is 2.71. The van der Waals surface area contributed by atoms with Crippen LogP contribution in [-0.4, -0.2) is 23.0 Å². The van der Waals surface area contributed by atoms with Crippen molar-refractivity contribution in [2.24, 2.45) is 0 Å². The molecule has 2 nitrogen and oxygen atoms in total. The number of rotatable bonds is 3. The van der Waals surface area contributed by atoms with Crippen LogP contribution in [0.4, 0.5) is 17.6 Å². The first-order valence-electron chi connectivity index (χ1n) is 4.02. The number of hydrogen-bond acceptors (Lipinski definition) is 2. The lowest BCUT2D eigenvalue weighted by Crippen LogP contribution is -2.11. The fourth-order valence-electron chi connectivity index (χ4n) is 0.907. The largest absolute Gasteiger partial charge is 0.478 e. The van der Waals surface area contributed by atoms with Gasteiger partial charge >= 0.3 is 12.1 Å². The van der Waals surface area contributed by atoms with E-state index in [9.17, 15) is 22.4 Å². The van der Waals surface area contributed by atoms with Crippen molar-refractivity contribution < 1.29 is 27.5 Å². The van der Waals surface area contributed by atoms with E-state index in [1.54, 1.807) is 0 Å². The van der Waals surface area contributed by atoms with Gasteiger partial charge in [-0.1, -0.05) is 0 Å². The Labute approximate surface area is 92.3 Å². The Kier molecular flexibility index (Phi) is 3.79. The van der Waals surface area contributed by atoms with Crippen LogP contribution in [0.25, 0.3) is 0 Å². The first kappa shape index (κ1) is 12.8. The Balaban J connectivity index is 2.86. The highest BCUT2D eigenvalue weighted by molar-refractivity contribution is 7.99. The van der Waals surface area contributed by atoms with Gasteiger partial charge in [0.2, 0.25) is 0 Å². The molecular formula is C9H6F4O2S. The average molecular weight is 254 g/mol. The highest BCUT2D eigenvalue weighted by Gasteiger charge is 2.28. The van der Waals surface area contributed by atoms with Crippen molar-refractivity contribution in [3.63, 3.8) is 0 Å². The molecule has 1 aromatic rings. The lowest BCUT2D eigenvalue weighted by atomic mass is 10.2. The van der Waals surface area contributed by atoms with Crippen LogP contribution in [0.15, 0.2) is 23.1 Å². The Morgan fingerprint density at radius 1 is 1.38 bits per heavy atom. The summed E-state index contributed by atoms with van der Waals surface area (Å²) < 4.78 is 48.6. The first-order chi connectivity index (χ1) is 7.29. The molecule has 0 aromatic heterocycles. The fourth-order valence-corrected chi connectivity index (χ4v) is 1.64. The number of alkyl halides is 3. The SMILES string of the molecule is O=C(O)c1ccc(F)c(SCC(F)(F)F)c1. The summed E-state index contributed by atoms with van der Waals surface area (Å²) in [4.78, 5) is 10.2. The van der Waals surface area contributed by atoms with E-state index in [2.05, 4.69) is 0 Å². The van der Waals surface area contributed by atoms with Crippen LogP contribution in [-0.2, 0) is 0 Å². The van der Waals surface area contributed by atoms with Crippen molar-refractivity contribution in [2.75, 3.05) is 5.75 Å². The van der Waals surface area contributed by atoms with Crippen LogP contribution in [0.2, 0.25) is 0 Å². The molecule has 0 aliphatic heterocycles. The topological polar surface area (TPSA) is 37.3 Å². The monoisotopic (exact) mass is 254 g/mol. The third-order valence-electron chi connectivity index (χ3n) is 1.57. The number of halogens is 4. The van der Waals surface area contributed by atoms with Gasteiger partial charge in [-0.15, -0.1) is 11.8 Å². The Bertz CT molecular complexity index is 403. The van der Waals surface area contributed by atoms with Gasteiger partial charge in [0.25, 0.3) is 0 Å². The van der Waals surface area contributed by atoms with E-state index < -0.39 is 23.7 Å². The molecular weight excluding hydrogens is 248 g/mol. The third kappa shape index (κ3) is 3.73. The van der Waals surface area contributed by atoms with Gasteiger partial charge in [-0.2, -0.15) is 13.2 Å². The highest BCUT2D eigenvalue weighted by Crippen LogP contribution is 2.29. The molecule has 0 spiro atoms. The fraction of sp³-hybridized carbons (Fsp3) is 0.222. The molecule has 1 N–H and O–H groups in total. The molecule has 0 aliphatic carbocycles. The summed E-state index contributed by atoms with van der Waals surface area (Å²) in [5, 5.41) is 8.57. The average Bonchev–Trinajstić information content (AvgIpc) is 2.14. The molecule has 16 heavy (non-hydrogen) atoms. The molecule has 88 valence electrons. The number of hydrogen-bond donors (Lipinski definition) is 1. The molecule has 0 saturated carbocycles. The second-order valence-corrected chi connectivity index (χ2v) is 3.87. The maximum absolute atomic E-state index is 13.0. The van der Waals surface area contributed by atoms with Crippen LogP contribution in [0.1, 0.15) is 10.4 Å². The van der Waals surface area contributed by atoms with Crippen molar-refractivity contribution in [3.8, 4) is 0 Å². The van der Waals surface area contributed by atoms with Crippen LogP contribution >= 0.6 is 11.8 Å². The van der Waals surface area contributed by atoms with Gasteiger partial charge in [0.1, 0.15) is 5.82 Å². The maximum Gasteiger partial charge on any atom is 0.398 e. The van der Waals surface area contributed by atoms with E-state index in [4.69, 9.17) is 5.11 Å². The first-order valence-corrected chi connectivity index (χ1v) is 5.00. The number of thioether (sulfide) groups is 1. The molecule has 0 bridgehead atoms. The number of benzene rings is 1. The molecule has 0 amide bonds. The van der Waals surface area contributed by atoms with E-state index in [1.807, 2.05) is 0 Å². The number of carboxylic acid groups (broad SMARTS) is 1. The molecule has 0 radical (unpaired) electrons. The zero-order chi connectivity index (χ0) is 12.3. The van der Waals surface area contributed by atoms with E-state index in [0.717, 1.165) is 18.2 Å². The van der Waals surface area contributed by atoms with Crippen LogP contribution in [0.5, 0.6) is 0 Å². The van der Waals surface area contributed by atoms with E-state index in [-0.39, 0.29) is 22.2 Å². The normalized spacial score (nSPS) is 11.5. The van der Waals surface area contributed by atoms with E-state index in [1.165, 1.54) is 0 Å². The summed E-state index contributed by atoms with van der Waals surface area (Å²) in [7, 11) is 0. The minimum Gasteiger partial charge on any atom is -0.478 e. The van der Waals surface area contributed by atoms with Crippen molar-refractivity contribution in [3.05, 3.63) is 29.6 Å². The van der Waals surface area contributed by atoms with Crippen molar-refractivity contribution in [2.45, 2.75) is 11.1 Å². The summed E-state index contributed by atoms with van der Waals surface area (Å²) >= 11 is 0.222. The minimum atomic E-state index is -4.42. The summed E-state index contributed by atoms with van der Waals surface area (Å²) in [5.41, 5.74) is -0.244. The van der Waals surface area contributed by atoms with E-state index in [0.29, 0.717) is 0 Å². The Morgan fingerprint density at radius 3 is 2.50 bits per heavy atom. The molecule has 1 aromatic carbocycles. The molecule has 1 rings (SSSR count). The van der Waals surface area contributed by atoms with Gasteiger partial charge < -0.3 is 5.11 Å². The molecule has 0 atom stereocenters. The third-order valence-corrected chi connectivity index (χ3v) is 2.67. The Hall–Kier alpha value is -1.24. The van der Waals surface area contributed by atoms with Gasteiger partial charge in [-0.05, 0) is 18.2 Å². The lowest BCUT2D eigenvalue weighted by molar-refractivity contribution is -0.105. The Morgan fingerprint density at radius 2 is 2.00 bits per heavy atom. The molecule has 7 heteroatoms. The second kappa shape index (κ2) is 4.73. The minimum absolute atomic E-state index is 0.222. The predicted octanol–water partition coefficient (Wildman–Crippen LogP) is 3.18. The number of carboxylic acids is 1. The van der Waals surface area contributed by atoms with Crippen LogP contribution in [0.3, 0.4) is 0 Å². The molecule has 0 unspecified atom stereocenters. The zero-order valence-corrected chi connectivity index (χ0v) is 8.53. The van der Waals surface area contributed by atoms with E-state index >= 15 is 0 Å². The molecule has 0 aliphatic rings. The van der Waals surface area contributed by atoms with Gasteiger partial charge in [-0.3, -0.25) is 0 Å². The standard InChI is InChI=1S/C9H6F4O2S/c10-6-2-1-5(8(14)15)3-7(6)16-4-9(11,12)13/h1-3H,4H2,(H,14,15). The smallest absolute Gasteiger partial charge is 0.398 e. The summed E-state index contributed by atoms with van der Waals surface area (Å²) in [6.07, 6.45) is -4.42. The van der Waals surface area contributed by atoms with Crippen molar-refractivity contribution >= 4 is 17.7 Å². The quantitative estimate of drug-likeness (QED) is 0.665. The maximum atomic E-state index is 13.0. The molecule has 0 fully saturated rings. The van der Waals surface area contributed by atoms with Gasteiger partial charge in [0, 0.05) is 4.90 Å². The van der Waals surface area contributed by atoms with Crippen molar-refractivity contribution in [1.82, 2.24) is 0 Å². The zero-order valence-electron chi connectivity index (χ0n) is 7.71. The number of carbonyl (C=O) groups is 1. The molecule has 0 saturated heterocycles. The van der Waals surface area contributed by atoms with Gasteiger partial charge in [0.15, 0.2) is 0 Å². The second-order valence-electron chi connectivity index (χ2n) is 2.85. The lowest BCUT2D eigenvalue weighted by Gasteiger charge is -2.07. The number of aromatic carboxylic acids is 1. The van der Waals surface area contributed by atoms with Crippen molar-refractivity contribution in [1.29, 1.82) is 0 Å². The van der Waals surface area contributed by atoms with Gasteiger partial charge in [-0.25, -0.2) is 9.18 Å². The summed E-state index contributed by atoms with van der Waals surface area (Å²) in [5.74, 6) is -3.43. The highest BCUT2D eigenvalue weighted by atomic mass is 32.2. The van der Waals surface area contributed by atoms with Crippen LogP contribution in [0, 0.1) is 5.82 Å². The summed E-state index contributed by atoms with van der Waals surface area (Å²) in [6.45, 7) is 0. The van der Waals surface area contributed by atoms with Crippen LogP contribution < -0.4 is 0 Å². The predicted molar refractivity (Wildman–Crippen MR) is 50.1 cm³/mol. The molecule has 0 heterocycles.